The minimum Gasteiger partial charge on any atom is -0.486 e. The second kappa shape index (κ2) is 6.81. The van der Waals surface area contributed by atoms with Crippen molar-refractivity contribution in [3.05, 3.63) is 35.4 Å². The summed E-state index contributed by atoms with van der Waals surface area (Å²) in [7, 11) is 0. The van der Waals surface area contributed by atoms with Crippen LogP contribution in [0.25, 0.3) is 0 Å². The normalized spacial score (nSPS) is 19.1. The van der Waals surface area contributed by atoms with E-state index in [0.717, 1.165) is 55.6 Å². The summed E-state index contributed by atoms with van der Waals surface area (Å²) < 4.78 is 13.5. The van der Waals surface area contributed by atoms with Gasteiger partial charge in [-0.2, -0.15) is 0 Å². The summed E-state index contributed by atoms with van der Waals surface area (Å²) >= 11 is 0. The summed E-state index contributed by atoms with van der Waals surface area (Å²) in [6, 6.07) is 6.19. The maximum atomic E-state index is 5.65. The Morgan fingerprint density at radius 1 is 1.21 bits per heavy atom. The Bertz CT molecular complexity index is 700. The SMILES string of the molecule is CCc1nnc2n1C[C@H](CNCc1ccc3c(c1)OCCO3)CC2. The molecule has 0 saturated heterocycles. The molecule has 6 nitrogen and oxygen atoms in total. The Labute approximate surface area is 142 Å². The lowest BCUT2D eigenvalue weighted by Gasteiger charge is -2.24. The number of nitrogens with one attached hydrogen (secondary N) is 1. The molecule has 0 bridgehead atoms. The van der Waals surface area contributed by atoms with Crippen LogP contribution in [-0.4, -0.2) is 34.5 Å². The number of aromatic nitrogens is 3. The van der Waals surface area contributed by atoms with Gasteiger partial charge >= 0.3 is 0 Å². The molecule has 2 aliphatic rings. The highest BCUT2D eigenvalue weighted by Gasteiger charge is 2.22. The van der Waals surface area contributed by atoms with Gasteiger partial charge < -0.3 is 19.4 Å². The molecule has 0 saturated carbocycles. The van der Waals surface area contributed by atoms with E-state index < -0.39 is 0 Å². The quantitative estimate of drug-likeness (QED) is 0.909. The number of fused-ring (bicyclic) bond motifs is 2. The maximum absolute atomic E-state index is 5.65. The van der Waals surface area contributed by atoms with E-state index >= 15 is 0 Å². The standard InChI is InChI=1S/C18H24N4O2/c1-2-17-20-21-18-6-4-14(12-22(17)18)11-19-10-13-3-5-15-16(9-13)24-8-7-23-15/h3,5,9,14,19H,2,4,6-8,10-12H2,1H3/t14-/m0/s1. The second-order valence-electron chi connectivity index (χ2n) is 6.51. The van der Waals surface area contributed by atoms with Gasteiger partial charge in [-0.25, -0.2) is 0 Å². The minimum absolute atomic E-state index is 0.632. The van der Waals surface area contributed by atoms with Crippen LogP contribution in [0.5, 0.6) is 11.5 Å². The lowest BCUT2D eigenvalue weighted by atomic mass is 9.99. The molecule has 6 heteroatoms. The Morgan fingerprint density at radius 2 is 2.08 bits per heavy atom. The summed E-state index contributed by atoms with van der Waals surface area (Å²) in [5.74, 6) is 4.61. The van der Waals surface area contributed by atoms with Crippen molar-refractivity contribution in [1.82, 2.24) is 20.1 Å². The number of nitrogens with zero attached hydrogens (tertiary/aromatic N) is 3. The zero-order chi connectivity index (χ0) is 16.4. The molecule has 0 fully saturated rings. The first-order chi connectivity index (χ1) is 11.8. The van der Waals surface area contributed by atoms with Crippen molar-refractivity contribution in [1.29, 1.82) is 0 Å². The van der Waals surface area contributed by atoms with Crippen molar-refractivity contribution in [2.45, 2.75) is 39.3 Å². The topological polar surface area (TPSA) is 61.2 Å². The van der Waals surface area contributed by atoms with Gasteiger partial charge in [0.1, 0.15) is 24.9 Å². The van der Waals surface area contributed by atoms with Crippen molar-refractivity contribution in [3.8, 4) is 11.5 Å². The molecular weight excluding hydrogens is 304 g/mol. The molecule has 0 aliphatic carbocycles. The first kappa shape index (κ1) is 15.4. The van der Waals surface area contributed by atoms with Gasteiger partial charge in [0.05, 0.1) is 0 Å². The first-order valence-electron chi connectivity index (χ1n) is 8.83. The molecule has 0 radical (unpaired) electrons. The molecule has 0 unspecified atom stereocenters. The predicted octanol–water partition coefficient (Wildman–Crippen LogP) is 1.96. The van der Waals surface area contributed by atoms with Crippen LogP contribution in [0.15, 0.2) is 18.2 Å². The molecule has 2 aliphatic heterocycles. The van der Waals surface area contributed by atoms with Crippen molar-refractivity contribution in [2.75, 3.05) is 19.8 Å². The van der Waals surface area contributed by atoms with Gasteiger partial charge in [0.2, 0.25) is 0 Å². The van der Waals surface area contributed by atoms with Crippen molar-refractivity contribution >= 4 is 0 Å². The molecule has 1 N–H and O–H groups in total. The van der Waals surface area contributed by atoms with Gasteiger partial charge in [0, 0.05) is 25.9 Å². The monoisotopic (exact) mass is 328 g/mol. The van der Waals surface area contributed by atoms with Gasteiger partial charge in [0.15, 0.2) is 11.5 Å². The van der Waals surface area contributed by atoms with E-state index in [1.807, 2.05) is 6.07 Å². The smallest absolute Gasteiger partial charge is 0.161 e. The third-order valence-electron chi connectivity index (χ3n) is 4.81. The van der Waals surface area contributed by atoms with Crippen LogP contribution >= 0.6 is 0 Å². The molecule has 3 heterocycles. The van der Waals surface area contributed by atoms with E-state index in [1.54, 1.807) is 0 Å². The Hall–Kier alpha value is -2.08. The highest BCUT2D eigenvalue weighted by Crippen LogP contribution is 2.30. The molecule has 2 aromatic rings. The summed E-state index contributed by atoms with van der Waals surface area (Å²) in [5.41, 5.74) is 1.23. The first-order valence-corrected chi connectivity index (χ1v) is 8.83. The van der Waals surface area contributed by atoms with Crippen LogP contribution in [-0.2, 0) is 25.9 Å². The molecule has 0 spiro atoms. The van der Waals surface area contributed by atoms with E-state index in [4.69, 9.17) is 9.47 Å². The largest absolute Gasteiger partial charge is 0.486 e. The molecule has 4 rings (SSSR count). The number of hydrogen-bond donors (Lipinski definition) is 1. The van der Waals surface area contributed by atoms with E-state index in [9.17, 15) is 0 Å². The van der Waals surface area contributed by atoms with Crippen LogP contribution in [0.4, 0.5) is 0 Å². The predicted molar refractivity (Wildman–Crippen MR) is 90.3 cm³/mol. The Balaban J connectivity index is 1.32. The Morgan fingerprint density at radius 3 is 2.96 bits per heavy atom. The fourth-order valence-electron chi connectivity index (χ4n) is 3.50. The molecule has 1 atom stereocenters. The fourth-order valence-corrected chi connectivity index (χ4v) is 3.50. The second-order valence-corrected chi connectivity index (χ2v) is 6.51. The van der Waals surface area contributed by atoms with Gasteiger partial charge in [-0.1, -0.05) is 13.0 Å². The highest BCUT2D eigenvalue weighted by atomic mass is 16.6. The zero-order valence-corrected chi connectivity index (χ0v) is 14.1. The molecule has 128 valence electrons. The van der Waals surface area contributed by atoms with Crippen LogP contribution in [0, 0.1) is 5.92 Å². The number of hydrogen-bond acceptors (Lipinski definition) is 5. The number of rotatable bonds is 5. The minimum atomic E-state index is 0.632. The average molecular weight is 328 g/mol. The van der Waals surface area contributed by atoms with Gasteiger partial charge in [0.25, 0.3) is 0 Å². The van der Waals surface area contributed by atoms with Crippen LogP contribution < -0.4 is 14.8 Å². The van der Waals surface area contributed by atoms with Crippen molar-refractivity contribution in [2.24, 2.45) is 5.92 Å². The van der Waals surface area contributed by atoms with Crippen molar-refractivity contribution in [3.63, 3.8) is 0 Å². The van der Waals surface area contributed by atoms with Crippen LogP contribution in [0.2, 0.25) is 0 Å². The van der Waals surface area contributed by atoms with Gasteiger partial charge in [-0.15, -0.1) is 10.2 Å². The average Bonchev–Trinajstić information content (AvgIpc) is 3.04. The maximum Gasteiger partial charge on any atom is 0.161 e. The lowest BCUT2D eigenvalue weighted by molar-refractivity contribution is 0.171. The molecule has 1 aromatic carbocycles. The third kappa shape index (κ3) is 3.11. The van der Waals surface area contributed by atoms with E-state index in [2.05, 4.69) is 39.1 Å². The lowest BCUT2D eigenvalue weighted by Crippen LogP contribution is -2.30. The van der Waals surface area contributed by atoms with Gasteiger partial charge in [-0.05, 0) is 36.6 Å². The van der Waals surface area contributed by atoms with Gasteiger partial charge in [-0.3, -0.25) is 0 Å². The number of aryl methyl sites for hydroxylation is 2. The van der Waals surface area contributed by atoms with E-state index in [0.29, 0.717) is 19.1 Å². The summed E-state index contributed by atoms with van der Waals surface area (Å²) in [6.07, 6.45) is 3.16. The molecular formula is C18H24N4O2. The zero-order valence-electron chi connectivity index (χ0n) is 14.1. The fraction of sp³-hybridized carbons (Fsp3) is 0.556. The van der Waals surface area contributed by atoms with Crippen LogP contribution in [0.1, 0.15) is 30.6 Å². The number of ether oxygens (including phenoxy) is 2. The molecule has 0 amide bonds. The summed E-state index contributed by atoms with van der Waals surface area (Å²) in [6.45, 7) is 6.29. The van der Waals surface area contributed by atoms with Crippen LogP contribution in [0.3, 0.4) is 0 Å². The molecule has 1 aromatic heterocycles. The highest BCUT2D eigenvalue weighted by molar-refractivity contribution is 5.43. The third-order valence-corrected chi connectivity index (χ3v) is 4.81. The summed E-state index contributed by atoms with van der Waals surface area (Å²) in [5, 5.41) is 12.2. The number of benzene rings is 1. The van der Waals surface area contributed by atoms with E-state index in [-0.39, 0.29) is 0 Å². The van der Waals surface area contributed by atoms with E-state index in [1.165, 1.54) is 12.0 Å². The van der Waals surface area contributed by atoms with Crippen molar-refractivity contribution < 1.29 is 9.47 Å². The summed E-state index contributed by atoms with van der Waals surface area (Å²) in [4.78, 5) is 0. The Kier molecular flexibility index (Phi) is 4.38. The molecule has 24 heavy (non-hydrogen) atoms.